The molecule has 0 unspecified atom stereocenters. The van der Waals surface area contributed by atoms with E-state index in [1.807, 2.05) is 0 Å². The van der Waals surface area contributed by atoms with Crippen LogP contribution < -0.4 is 48.7 Å². The fourth-order valence-corrected chi connectivity index (χ4v) is 7.54. The Kier molecular flexibility index (Phi) is 32.9. The molecule has 34 heteroatoms. The molecule has 0 aromatic carbocycles. The Hall–Kier alpha value is -7.33. The number of aliphatic hydroxyl groups is 4. The number of rotatable bonds is 39. The highest BCUT2D eigenvalue weighted by atomic mass is 16.6. The van der Waals surface area contributed by atoms with Gasteiger partial charge in [0.1, 0.15) is 50.3 Å². The van der Waals surface area contributed by atoms with E-state index < -0.39 is 172 Å². The predicted octanol–water partition coefficient (Wildman–Crippen LogP) is -6.67. The molecule has 2 aliphatic rings. The quantitative estimate of drug-likeness (QED) is 0.0118. The molecule has 19 N–H and O–H groups in total. The van der Waals surface area contributed by atoms with Gasteiger partial charge in [0.05, 0.1) is 96.8 Å². The number of nitrogens with one attached hydrogen (secondary N) is 9. The number of guanidine groups is 2. The number of hydrogen-bond donors (Lipinski definition) is 17. The first kappa shape index (κ1) is 68.8. The molecule has 0 saturated heterocycles. The number of alkyl carbamates (subject to hydrolysis) is 2. The van der Waals surface area contributed by atoms with E-state index in [-0.39, 0.29) is 59.0 Å². The first-order valence-corrected chi connectivity index (χ1v) is 24.8. The maximum atomic E-state index is 13.4. The van der Waals surface area contributed by atoms with Gasteiger partial charge in [0.2, 0.25) is 29.2 Å². The number of nitrogens with two attached hydrogens (primary N) is 2. The summed E-state index contributed by atoms with van der Waals surface area (Å²) in [5, 5.41) is 93.3. The normalized spacial score (nSPS) is 20.3. The predicted molar refractivity (Wildman–Crippen MR) is 272 cm³/mol. The van der Waals surface area contributed by atoms with Crippen LogP contribution in [0.3, 0.4) is 0 Å². The number of amides is 5. The lowest BCUT2D eigenvalue weighted by molar-refractivity contribution is -0.156. The van der Waals surface area contributed by atoms with Gasteiger partial charge in [-0.2, -0.15) is 0 Å². The lowest BCUT2D eigenvalue weighted by Crippen LogP contribution is -2.64. The molecule has 0 fully saturated rings. The first-order chi connectivity index (χ1) is 38.1. The number of carboxylic acid groups (broad SMARTS) is 2. The van der Waals surface area contributed by atoms with Gasteiger partial charge in [0.15, 0.2) is 24.1 Å². The Morgan fingerprint density at radius 3 is 1.49 bits per heavy atom. The van der Waals surface area contributed by atoms with E-state index in [0.29, 0.717) is 19.8 Å². The largest absolute Gasteiger partial charge is 0.478 e. The Morgan fingerprint density at radius 2 is 1.07 bits per heavy atom. The van der Waals surface area contributed by atoms with Crippen LogP contribution in [0.2, 0.25) is 0 Å². The minimum absolute atomic E-state index is 0.0174. The SMILES string of the molecule is C#CCOCCOCCOCCOCCNC(=O)[C@@H](CCCNC(=O)OCCO[C@@H]([C@@H]1OC(C(=O)O)=C[C@H](NC(=N)N)[C@H]1NC(C)=O)[C@H](O)CO)NC(=O)OCCO[C@@H]([C@@H]1OC(C(=O)O)=C[C@H](NC(=N)N)[C@H]1NC(C)=O)[C@H](O)CO. The van der Waals surface area contributed by atoms with Gasteiger partial charge in [-0.3, -0.25) is 25.2 Å². The molecule has 34 nitrogen and oxygen atoms in total. The molecule has 5 amide bonds. The first-order valence-electron chi connectivity index (χ1n) is 24.8. The summed E-state index contributed by atoms with van der Waals surface area (Å²) in [5.41, 5.74) is 11.0. The molecule has 0 aromatic heterocycles. The van der Waals surface area contributed by atoms with Crippen molar-refractivity contribution in [1.29, 1.82) is 10.8 Å². The van der Waals surface area contributed by atoms with Crippen molar-refractivity contribution in [3.05, 3.63) is 23.7 Å². The second-order valence-corrected chi connectivity index (χ2v) is 17.1. The summed E-state index contributed by atoms with van der Waals surface area (Å²) in [6.45, 7) is 0.0935. The minimum Gasteiger partial charge on any atom is -0.478 e. The van der Waals surface area contributed by atoms with Crippen LogP contribution in [0.15, 0.2) is 23.7 Å². The Labute approximate surface area is 459 Å². The average molecular weight is 1150 g/mol. The Balaban J connectivity index is 2.07. The highest BCUT2D eigenvalue weighted by Gasteiger charge is 2.47. The number of carbonyl (C=O) groups excluding carboxylic acids is 5. The zero-order valence-electron chi connectivity index (χ0n) is 44.1. The fourth-order valence-electron chi connectivity index (χ4n) is 7.54. The minimum atomic E-state index is -1.76. The van der Waals surface area contributed by atoms with Crippen LogP contribution in [-0.2, 0) is 71.3 Å². The van der Waals surface area contributed by atoms with E-state index in [9.17, 15) is 64.2 Å². The van der Waals surface area contributed by atoms with Gasteiger partial charge in [0, 0.05) is 26.9 Å². The maximum absolute atomic E-state index is 13.4. The molecule has 0 radical (unpaired) electrons. The van der Waals surface area contributed by atoms with Crippen LogP contribution in [0.4, 0.5) is 9.59 Å². The van der Waals surface area contributed by atoms with E-state index in [2.05, 4.69) is 43.1 Å². The number of aliphatic carboxylic acids is 2. The molecule has 2 aliphatic heterocycles. The maximum Gasteiger partial charge on any atom is 0.407 e. The Morgan fingerprint density at radius 1 is 0.637 bits per heavy atom. The number of carboxylic acids is 2. The molecule has 80 heavy (non-hydrogen) atoms. The smallest absolute Gasteiger partial charge is 0.407 e. The lowest BCUT2D eigenvalue weighted by atomic mass is 9.91. The van der Waals surface area contributed by atoms with Crippen molar-refractivity contribution in [2.75, 3.05) is 106 Å². The third kappa shape index (κ3) is 26.5. The van der Waals surface area contributed by atoms with Gasteiger partial charge in [-0.1, -0.05) is 5.92 Å². The van der Waals surface area contributed by atoms with Crippen LogP contribution in [-0.4, -0.2) is 257 Å². The average Bonchev–Trinajstić information content (AvgIpc) is 3.51. The highest BCUT2D eigenvalue weighted by Crippen LogP contribution is 2.26. The zero-order valence-corrected chi connectivity index (χ0v) is 44.1. The van der Waals surface area contributed by atoms with Crippen molar-refractivity contribution >= 4 is 53.8 Å². The van der Waals surface area contributed by atoms with Crippen molar-refractivity contribution in [2.24, 2.45) is 11.5 Å². The van der Waals surface area contributed by atoms with E-state index in [4.69, 9.17) is 76.1 Å². The molecule has 2 heterocycles. The van der Waals surface area contributed by atoms with Crippen molar-refractivity contribution in [3.63, 3.8) is 0 Å². The molecule has 0 saturated carbocycles. The molecule has 452 valence electrons. The van der Waals surface area contributed by atoms with Crippen molar-refractivity contribution in [2.45, 2.75) is 93.5 Å². The lowest BCUT2D eigenvalue weighted by Gasteiger charge is -2.41. The summed E-state index contributed by atoms with van der Waals surface area (Å²) in [4.78, 5) is 87.3. The second-order valence-electron chi connectivity index (χ2n) is 17.1. The van der Waals surface area contributed by atoms with Crippen LogP contribution in [0.25, 0.3) is 0 Å². The summed E-state index contributed by atoms with van der Waals surface area (Å²) >= 11 is 0. The molecular formula is C46H75N11O23. The number of hydrogen-bond acceptors (Lipinski definition) is 23. The number of carbonyl (C=O) groups is 7. The van der Waals surface area contributed by atoms with Crippen LogP contribution in [0, 0.1) is 23.2 Å². The van der Waals surface area contributed by atoms with Crippen LogP contribution in [0.5, 0.6) is 0 Å². The number of terminal acetylenes is 1. The molecular weight excluding hydrogens is 1070 g/mol. The van der Waals surface area contributed by atoms with Gasteiger partial charge in [-0.05, 0) is 25.0 Å². The highest BCUT2D eigenvalue weighted by molar-refractivity contribution is 5.87. The van der Waals surface area contributed by atoms with Crippen molar-refractivity contribution < 1.29 is 112 Å². The second kappa shape index (κ2) is 38.3. The summed E-state index contributed by atoms with van der Waals surface area (Å²) in [7, 11) is 0. The van der Waals surface area contributed by atoms with E-state index in [1.165, 1.54) is 0 Å². The van der Waals surface area contributed by atoms with Crippen molar-refractivity contribution in [3.8, 4) is 12.3 Å². The van der Waals surface area contributed by atoms with Crippen LogP contribution in [0.1, 0.15) is 26.7 Å². The Bertz CT molecular complexity index is 2120. The molecule has 2 rings (SSSR count). The monoisotopic (exact) mass is 1150 g/mol. The zero-order chi connectivity index (χ0) is 59.6. The van der Waals surface area contributed by atoms with Gasteiger partial charge >= 0.3 is 24.1 Å². The van der Waals surface area contributed by atoms with Gasteiger partial charge in [-0.15, -0.1) is 6.42 Å². The molecule has 0 aromatic rings. The van der Waals surface area contributed by atoms with Gasteiger partial charge in [-0.25, -0.2) is 19.2 Å². The summed E-state index contributed by atoms with van der Waals surface area (Å²) < 4.78 is 54.3. The van der Waals surface area contributed by atoms with Gasteiger partial charge < -0.3 is 127 Å². The third-order valence-corrected chi connectivity index (χ3v) is 10.9. The van der Waals surface area contributed by atoms with E-state index >= 15 is 0 Å². The molecule has 0 bridgehead atoms. The summed E-state index contributed by atoms with van der Waals surface area (Å²) in [6.07, 6.45) is -4.70. The molecule has 11 atom stereocenters. The fraction of sp³-hybridized carbons (Fsp3) is 0.674. The number of aliphatic hydroxyl groups excluding tert-OH is 4. The summed E-state index contributed by atoms with van der Waals surface area (Å²) in [6, 6.07) is -6.07. The van der Waals surface area contributed by atoms with Crippen LogP contribution >= 0.6 is 0 Å². The van der Waals surface area contributed by atoms with Crippen molar-refractivity contribution in [1.82, 2.24) is 37.2 Å². The van der Waals surface area contributed by atoms with E-state index in [1.54, 1.807) is 0 Å². The number of ether oxygens (including phenoxy) is 10. The molecule has 0 spiro atoms. The van der Waals surface area contributed by atoms with Gasteiger partial charge in [0.25, 0.3) is 0 Å². The standard InChI is InChI=1S/C46H75N11O23/c1-4-9-71-11-13-73-15-16-74-14-12-72-10-8-51-40(64)27(57-46(70)78-20-18-76-37(31(63)24-59)39-35(54-26(3)61)29(56-44(49)50)22-33(80-39)42(67)68)6-5-7-52-45(69)77-19-17-75-36(30(62)23-58)38-34(53-25(2)60)28(55-43(47)48)21-32(79-38)41(65)66/h1,21-22,27-31,34-39,58-59,62-63H,5-20,23-24H2,2-3H3,(H,51,64)(H,52,69)(H,53,60)(H,54,61)(H,57,70)(H,65,66)(H,67,68)(H4,47,48,55)(H4,49,50,56)/t27-,28+,29+,30-,31-,34-,35-,36-,37-,38-,39-/m1/s1. The third-order valence-electron chi connectivity index (χ3n) is 10.9. The summed E-state index contributed by atoms with van der Waals surface area (Å²) in [5.74, 6) is -5.25. The van der Waals surface area contributed by atoms with E-state index in [0.717, 1.165) is 26.0 Å². The molecule has 0 aliphatic carbocycles. The topological polar surface area (TPSA) is 517 Å².